The number of alkyl halides is 3. The van der Waals surface area contributed by atoms with E-state index in [1.54, 1.807) is 0 Å². The molecule has 2 aliphatic rings. The third-order valence-corrected chi connectivity index (χ3v) is 11.5. The molecule has 0 bridgehead atoms. The molecule has 224 valence electrons. The smallest absolute Gasteiger partial charge is 0.395 e. The molecule has 1 aliphatic carbocycles. The van der Waals surface area contributed by atoms with Crippen molar-refractivity contribution in [1.82, 2.24) is 20.0 Å². The molecular formula is C26H28F6N4O4S. The molecule has 1 unspecified atom stereocenters. The van der Waals surface area contributed by atoms with E-state index in [2.05, 4.69) is 15.3 Å². The first kappa shape index (κ1) is 29.8. The topological polar surface area (TPSA) is 125 Å². The van der Waals surface area contributed by atoms with Gasteiger partial charge in [0.25, 0.3) is 0 Å². The molecule has 6 atom stereocenters. The second kappa shape index (κ2) is 11.2. The van der Waals surface area contributed by atoms with E-state index < -0.39 is 86.7 Å². The summed E-state index contributed by atoms with van der Waals surface area (Å²) in [7, 11) is -1.91. The maximum atomic E-state index is 14.1. The van der Waals surface area contributed by atoms with Crippen LogP contribution in [0.1, 0.15) is 48.2 Å². The Kier molecular flexibility index (Phi) is 8.11. The lowest BCUT2D eigenvalue weighted by Gasteiger charge is -2.51. The lowest BCUT2D eigenvalue weighted by molar-refractivity contribution is -0.138. The maximum Gasteiger partial charge on any atom is 0.418 e. The molecule has 41 heavy (non-hydrogen) atoms. The molecule has 0 amide bonds. The standard InChI is InChI=1S/C26H28F6N4O4S/c27-15-8-13(9-16(28)20(15)29)17-10-36(35-34-17)22-18(38)12-41(19(11-37)23(22)39)24(25(40)5-1-2-6-25)21-14(26(30,31)32)4-3-7-33-21/h3-4,7-10,18-19,22-24,37-41H,1-2,5-6,11-12H2/t18-,19+,22-,23-,24-/m0/s1. The molecule has 4 N–H and O–H groups in total. The highest BCUT2D eigenvalue weighted by atomic mass is 32.2. The fraction of sp³-hybridized carbons (Fsp3) is 0.500. The predicted molar refractivity (Wildman–Crippen MR) is 137 cm³/mol. The van der Waals surface area contributed by atoms with Gasteiger partial charge in [-0.25, -0.2) is 28.7 Å². The van der Waals surface area contributed by atoms with E-state index in [0.29, 0.717) is 25.0 Å². The SMILES string of the molecule is OC[C@@H]1[C@H](O)[C@@H](n2cc(-c3cc(F)c(F)c(F)c3)nn2)[C@@H](O)C[SH]1[C@@H](c1ncccc1C(F)(F)F)C1(O)CCCC1. The molecule has 15 heteroatoms. The summed E-state index contributed by atoms with van der Waals surface area (Å²) >= 11 is 0. The summed E-state index contributed by atoms with van der Waals surface area (Å²) in [6.07, 6.45) is -3.89. The monoisotopic (exact) mass is 606 g/mol. The number of aliphatic hydroxyl groups excluding tert-OH is 3. The van der Waals surface area contributed by atoms with E-state index in [1.807, 2.05) is 0 Å². The number of hydrogen-bond donors (Lipinski definition) is 5. The third kappa shape index (κ3) is 5.45. The van der Waals surface area contributed by atoms with Crippen LogP contribution < -0.4 is 0 Å². The van der Waals surface area contributed by atoms with E-state index in [4.69, 9.17) is 0 Å². The number of aromatic nitrogens is 4. The van der Waals surface area contributed by atoms with Crippen molar-refractivity contribution in [3.8, 4) is 11.3 Å². The van der Waals surface area contributed by atoms with Crippen molar-refractivity contribution in [3.63, 3.8) is 0 Å². The first-order chi connectivity index (χ1) is 19.4. The van der Waals surface area contributed by atoms with Crippen molar-refractivity contribution in [2.45, 2.75) is 66.2 Å². The minimum absolute atomic E-state index is 0.1000. The van der Waals surface area contributed by atoms with Crippen molar-refractivity contribution >= 4 is 10.9 Å². The number of rotatable bonds is 6. The van der Waals surface area contributed by atoms with Crippen molar-refractivity contribution in [2.24, 2.45) is 0 Å². The van der Waals surface area contributed by atoms with Crippen molar-refractivity contribution in [3.05, 3.63) is 65.4 Å². The minimum Gasteiger partial charge on any atom is -0.395 e. The number of pyridine rings is 1. The van der Waals surface area contributed by atoms with E-state index in [9.17, 15) is 46.8 Å². The van der Waals surface area contributed by atoms with Crippen LogP contribution in [0.4, 0.5) is 26.3 Å². The Bertz CT molecular complexity index is 1380. The average molecular weight is 607 g/mol. The number of nitrogens with zero attached hydrogens (tertiary/aromatic N) is 4. The summed E-state index contributed by atoms with van der Waals surface area (Å²) in [6.45, 7) is -0.674. The van der Waals surface area contributed by atoms with Gasteiger partial charge in [0.1, 0.15) is 11.7 Å². The maximum absolute atomic E-state index is 14.1. The first-order valence-corrected chi connectivity index (χ1v) is 14.6. The fourth-order valence-corrected chi connectivity index (χ4v) is 9.75. The minimum atomic E-state index is -4.78. The van der Waals surface area contributed by atoms with Gasteiger partial charge in [-0.1, -0.05) is 18.1 Å². The Morgan fingerprint density at radius 3 is 2.37 bits per heavy atom. The van der Waals surface area contributed by atoms with E-state index in [1.165, 1.54) is 12.4 Å². The van der Waals surface area contributed by atoms with Crippen LogP contribution in [-0.2, 0) is 6.18 Å². The highest BCUT2D eigenvalue weighted by Crippen LogP contribution is 2.61. The van der Waals surface area contributed by atoms with Gasteiger partial charge in [0.05, 0.1) is 47.1 Å². The molecule has 8 nitrogen and oxygen atoms in total. The molecule has 0 spiro atoms. The van der Waals surface area contributed by atoms with E-state index in [0.717, 1.165) is 16.8 Å². The van der Waals surface area contributed by atoms with E-state index in [-0.39, 0.29) is 29.9 Å². The summed E-state index contributed by atoms with van der Waals surface area (Å²) in [4.78, 5) is 4.04. The first-order valence-electron chi connectivity index (χ1n) is 12.9. The number of thiol groups is 1. The Morgan fingerprint density at radius 1 is 1.10 bits per heavy atom. The Morgan fingerprint density at radius 2 is 1.76 bits per heavy atom. The Hall–Kier alpha value is -2.72. The van der Waals surface area contributed by atoms with Gasteiger partial charge in [-0.15, -0.1) is 5.10 Å². The molecule has 1 saturated carbocycles. The molecule has 2 aromatic heterocycles. The van der Waals surface area contributed by atoms with Gasteiger partial charge in [-0.3, -0.25) is 4.98 Å². The van der Waals surface area contributed by atoms with Crippen LogP contribution in [0.25, 0.3) is 11.3 Å². The van der Waals surface area contributed by atoms with Gasteiger partial charge < -0.3 is 20.4 Å². The summed E-state index contributed by atoms with van der Waals surface area (Å²) in [5.41, 5.74) is -3.29. The lowest BCUT2D eigenvalue weighted by atomic mass is 9.92. The van der Waals surface area contributed by atoms with Crippen LogP contribution in [0.15, 0.2) is 36.7 Å². The van der Waals surface area contributed by atoms with Gasteiger partial charge in [-0.2, -0.15) is 13.2 Å². The van der Waals surface area contributed by atoms with Crippen molar-refractivity contribution in [1.29, 1.82) is 0 Å². The van der Waals surface area contributed by atoms with Crippen molar-refractivity contribution < 1.29 is 46.8 Å². The summed E-state index contributed by atoms with van der Waals surface area (Å²) < 4.78 is 84.2. The van der Waals surface area contributed by atoms with Gasteiger partial charge in [0.2, 0.25) is 0 Å². The zero-order valence-electron chi connectivity index (χ0n) is 21.4. The lowest BCUT2D eigenvalue weighted by Crippen LogP contribution is -2.52. The largest absolute Gasteiger partial charge is 0.418 e. The Labute approximate surface area is 233 Å². The normalized spacial score (nSPS) is 28.1. The number of benzene rings is 1. The summed E-state index contributed by atoms with van der Waals surface area (Å²) in [5.74, 6) is -4.76. The highest BCUT2D eigenvalue weighted by molar-refractivity contribution is 8.18. The zero-order valence-corrected chi connectivity index (χ0v) is 22.3. The fourth-order valence-electron chi connectivity index (χ4n) is 6.07. The molecular weight excluding hydrogens is 578 g/mol. The number of hydrogen-bond acceptors (Lipinski definition) is 7. The zero-order chi connectivity index (χ0) is 29.7. The Balaban J connectivity index is 1.52. The second-order valence-electron chi connectivity index (χ2n) is 10.5. The second-order valence-corrected chi connectivity index (χ2v) is 13.1. The average Bonchev–Trinajstić information content (AvgIpc) is 3.57. The molecule has 1 saturated heterocycles. The van der Waals surface area contributed by atoms with Crippen LogP contribution in [0.5, 0.6) is 0 Å². The molecule has 1 aromatic carbocycles. The molecule has 0 radical (unpaired) electrons. The summed E-state index contributed by atoms with van der Waals surface area (Å²) in [5, 5.41) is 50.1. The highest BCUT2D eigenvalue weighted by Gasteiger charge is 2.53. The van der Waals surface area contributed by atoms with Crippen LogP contribution in [-0.4, -0.2) is 75.8 Å². The van der Waals surface area contributed by atoms with Crippen LogP contribution in [0, 0.1) is 17.5 Å². The molecule has 2 fully saturated rings. The predicted octanol–water partition coefficient (Wildman–Crippen LogP) is 3.46. The number of halogens is 6. The van der Waals surface area contributed by atoms with Gasteiger partial charge in [0, 0.05) is 22.8 Å². The summed E-state index contributed by atoms with van der Waals surface area (Å²) in [6, 6.07) is 2.17. The molecule has 5 rings (SSSR count). The van der Waals surface area contributed by atoms with Gasteiger partial charge in [-0.05, 0) is 37.1 Å². The van der Waals surface area contributed by atoms with Crippen LogP contribution in [0.2, 0.25) is 0 Å². The molecule has 3 heterocycles. The van der Waals surface area contributed by atoms with E-state index >= 15 is 0 Å². The van der Waals surface area contributed by atoms with Crippen LogP contribution in [0.3, 0.4) is 0 Å². The third-order valence-electron chi connectivity index (χ3n) is 7.96. The molecule has 1 aliphatic heterocycles. The van der Waals surface area contributed by atoms with Gasteiger partial charge >= 0.3 is 6.18 Å². The number of aliphatic hydroxyl groups is 4. The van der Waals surface area contributed by atoms with Gasteiger partial charge in [0.15, 0.2) is 17.5 Å². The molecule has 3 aromatic rings. The van der Waals surface area contributed by atoms with Crippen molar-refractivity contribution in [2.75, 3.05) is 12.4 Å². The van der Waals surface area contributed by atoms with Crippen LogP contribution >= 0.6 is 10.9 Å². The quantitative estimate of drug-likeness (QED) is 0.165.